The molecule has 0 amide bonds. The molecule has 0 unspecified atom stereocenters. The van der Waals surface area contributed by atoms with Crippen molar-refractivity contribution in [1.29, 1.82) is 0 Å². The highest BCUT2D eigenvalue weighted by molar-refractivity contribution is 5.25. The van der Waals surface area contributed by atoms with Crippen molar-refractivity contribution in [2.45, 2.75) is 13.8 Å². The Labute approximate surface area is 94.2 Å². The summed E-state index contributed by atoms with van der Waals surface area (Å²) in [6.45, 7) is 6.75. The van der Waals surface area contributed by atoms with Crippen molar-refractivity contribution in [3.63, 3.8) is 0 Å². The van der Waals surface area contributed by atoms with Crippen LogP contribution in [0.5, 0.6) is 0 Å². The summed E-state index contributed by atoms with van der Waals surface area (Å²) >= 11 is 0. The lowest BCUT2D eigenvalue weighted by atomic mass is 10.3. The summed E-state index contributed by atoms with van der Waals surface area (Å²) in [5, 5.41) is 20.0. The van der Waals surface area contributed by atoms with Crippen LogP contribution in [0, 0.1) is 10.1 Å². The lowest BCUT2D eigenvalue weighted by molar-refractivity contribution is -0.419. The molecule has 0 bridgehead atoms. The number of nitro groups is 1. The zero-order valence-electron chi connectivity index (χ0n) is 9.34. The van der Waals surface area contributed by atoms with Crippen molar-refractivity contribution < 1.29 is 14.8 Å². The molecular weight excluding hydrogens is 210 g/mol. The Kier molecular flexibility index (Phi) is 6.35. The Hall–Kier alpha value is -2.04. The van der Waals surface area contributed by atoms with Crippen molar-refractivity contribution in [3.8, 4) is 0 Å². The lowest BCUT2D eigenvalue weighted by Gasteiger charge is -2.06. The zero-order chi connectivity index (χ0) is 12.6. The van der Waals surface area contributed by atoms with Crippen LogP contribution in [0.25, 0.3) is 0 Å². The second-order valence-corrected chi connectivity index (χ2v) is 2.75. The van der Waals surface area contributed by atoms with Crippen molar-refractivity contribution in [2.24, 2.45) is 0 Å². The molecule has 88 valence electrons. The molecule has 16 heavy (non-hydrogen) atoms. The van der Waals surface area contributed by atoms with E-state index >= 15 is 0 Å². The average molecular weight is 225 g/mol. The molecule has 0 fully saturated rings. The number of rotatable bonds is 6. The average Bonchev–Trinajstić information content (AvgIpc) is 2.28. The molecule has 5 nitrogen and oxygen atoms in total. The zero-order valence-corrected chi connectivity index (χ0v) is 9.34. The minimum Gasteiger partial charge on any atom is -0.504 e. The highest BCUT2D eigenvalue weighted by atomic mass is 16.6. The van der Waals surface area contributed by atoms with Crippen LogP contribution in [-0.2, 0) is 4.74 Å². The number of hydrogen-bond donors (Lipinski definition) is 1. The Balaban J connectivity index is 5.08. The molecule has 0 spiro atoms. The molecule has 1 N–H and O–H groups in total. The van der Waals surface area contributed by atoms with Gasteiger partial charge in [0.2, 0.25) is 0 Å². The van der Waals surface area contributed by atoms with Crippen molar-refractivity contribution >= 4 is 0 Å². The van der Waals surface area contributed by atoms with E-state index in [1.807, 2.05) is 0 Å². The number of aliphatic hydroxyl groups is 1. The van der Waals surface area contributed by atoms with Gasteiger partial charge in [-0.3, -0.25) is 10.1 Å². The first-order valence-corrected chi connectivity index (χ1v) is 4.68. The molecule has 0 saturated heterocycles. The summed E-state index contributed by atoms with van der Waals surface area (Å²) in [5.74, 6) is -0.102. The van der Waals surface area contributed by atoms with Gasteiger partial charge in [-0.1, -0.05) is 12.7 Å². The van der Waals surface area contributed by atoms with E-state index in [1.54, 1.807) is 6.92 Å². The predicted octanol–water partition coefficient (Wildman–Crippen LogP) is 2.72. The molecule has 0 saturated carbocycles. The van der Waals surface area contributed by atoms with Crippen molar-refractivity contribution in [2.75, 3.05) is 6.61 Å². The monoisotopic (exact) mass is 225 g/mol. The van der Waals surface area contributed by atoms with Crippen LogP contribution in [-0.4, -0.2) is 16.6 Å². The summed E-state index contributed by atoms with van der Waals surface area (Å²) < 4.78 is 5.11. The maximum Gasteiger partial charge on any atom is 0.269 e. The van der Waals surface area contributed by atoms with Gasteiger partial charge in [-0.05, 0) is 26.0 Å². The van der Waals surface area contributed by atoms with Crippen LogP contribution >= 0.6 is 0 Å². The SMILES string of the molecule is C=CCOC(=C/C(=C\C)[N+](=O)[O-])/C(O)=C\C. The number of nitrogens with zero attached hydrogens (tertiary/aromatic N) is 1. The van der Waals surface area contributed by atoms with E-state index in [4.69, 9.17) is 4.74 Å². The number of allylic oxidation sites excluding steroid dienone is 3. The van der Waals surface area contributed by atoms with E-state index in [0.29, 0.717) is 0 Å². The molecule has 0 heterocycles. The lowest BCUT2D eigenvalue weighted by Crippen LogP contribution is -2.01. The van der Waals surface area contributed by atoms with Gasteiger partial charge in [-0.25, -0.2) is 0 Å². The Morgan fingerprint density at radius 3 is 2.50 bits per heavy atom. The molecule has 0 aromatic carbocycles. The molecule has 0 aliphatic rings. The Morgan fingerprint density at radius 2 is 2.12 bits per heavy atom. The van der Waals surface area contributed by atoms with Crippen molar-refractivity contribution in [3.05, 3.63) is 58.2 Å². The van der Waals surface area contributed by atoms with E-state index in [9.17, 15) is 15.2 Å². The van der Waals surface area contributed by atoms with Gasteiger partial charge in [0, 0.05) is 0 Å². The molecule has 0 aliphatic carbocycles. The number of aliphatic hydroxyl groups excluding tert-OH is 1. The van der Waals surface area contributed by atoms with Gasteiger partial charge in [-0.2, -0.15) is 0 Å². The predicted molar refractivity (Wildman–Crippen MR) is 61.4 cm³/mol. The summed E-state index contributed by atoms with van der Waals surface area (Å²) in [4.78, 5) is 10.0. The largest absolute Gasteiger partial charge is 0.504 e. The van der Waals surface area contributed by atoms with E-state index in [-0.39, 0.29) is 23.8 Å². The van der Waals surface area contributed by atoms with Gasteiger partial charge < -0.3 is 9.84 Å². The number of hydrogen-bond acceptors (Lipinski definition) is 4. The first-order valence-electron chi connectivity index (χ1n) is 4.68. The van der Waals surface area contributed by atoms with Crippen LogP contribution in [0.3, 0.4) is 0 Å². The fourth-order valence-corrected chi connectivity index (χ4v) is 0.856. The highest BCUT2D eigenvalue weighted by Gasteiger charge is 2.11. The molecule has 0 aromatic rings. The third kappa shape index (κ3) is 4.45. The van der Waals surface area contributed by atoms with E-state index in [1.165, 1.54) is 31.2 Å². The fraction of sp³-hybridized carbons (Fsp3) is 0.273. The number of ether oxygens (including phenoxy) is 1. The first kappa shape index (κ1) is 14.0. The molecule has 0 aromatic heterocycles. The van der Waals surface area contributed by atoms with Crippen LogP contribution < -0.4 is 0 Å². The van der Waals surface area contributed by atoms with E-state index in [0.717, 1.165) is 0 Å². The van der Waals surface area contributed by atoms with Gasteiger partial charge in [-0.15, -0.1) is 0 Å². The minimum absolute atomic E-state index is 0.0483. The van der Waals surface area contributed by atoms with Gasteiger partial charge in [0.15, 0.2) is 11.5 Å². The second kappa shape index (κ2) is 7.28. The first-order chi connectivity index (χ1) is 7.56. The van der Waals surface area contributed by atoms with E-state index < -0.39 is 4.92 Å². The normalized spacial score (nSPS) is 13.5. The van der Waals surface area contributed by atoms with Gasteiger partial charge in [0.25, 0.3) is 5.70 Å². The summed E-state index contributed by atoms with van der Waals surface area (Å²) in [6, 6.07) is 0. The second-order valence-electron chi connectivity index (χ2n) is 2.75. The highest BCUT2D eigenvalue weighted by Crippen LogP contribution is 2.12. The van der Waals surface area contributed by atoms with Crippen LogP contribution in [0.2, 0.25) is 0 Å². The van der Waals surface area contributed by atoms with Crippen LogP contribution in [0.15, 0.2) is 48.1 Å². The molecule has 5 heteroatoms. The van der Waals surface area contributed by atoms with Gasteiger partial charge in [0.1, 0.15) is 6.61 Å². The fourth-order valence-electron chi connectivity index (χ4n) is 0.856. The molecular formula is C11H15NO4. The maximum atomic E-state index is 10.6. The third-order valence-electron chi connectivity index (χ3n) is 1.67. The van der Waals surface area contributed by atoms with Crippen molar-refractivity contribution in [1.82, 2.24) is 0 Å². The topological polar surface area (TPSA) is 72.6 Å². The molecule has 0 radical (unpaired) electrons. The quantitative estimate of drug-likeness (QED) is 0.248. The van der Waals surface area contributed by atoms with Gasteiger partial charge >= 0.3 is 0 Å². The summed E-state index contributed by atoms with van der Waals surface area (Å²) in [7, 11) is 0. The minimum atomic E-state index is -0.555. The Morgan fingerprint density at radius 1 is 1.50 bits per heavy atom. The van der Waals surface area contributed by atoms with E-state index in [2.05, 4.69) is 6.58 Å². The molecule has 0 atom stereocenters. The van der Waals surface area contributed by atoms with Crippen LogP contribution in [0.4, 0.5) is 0 Å². The standard InChI is InChI=1S/C11H15NO4/c1-4-7-16-11(10(13)6-3)8-9(5-2)12(14)15/h4-6,8,13H,1,7H2,2-3H3/b9-5+,10-6+,11-8+. The smallest absolute Gasteiger partial charge is 0.269 e. The maximum absolute atomic E-state index is 10.6. The molecule has 0 aliphatic heterocycles. The van der Waals surface area contributed by atoms with Crippen LogP contribution in [0.1, 0.15) is 13.8 Å². The Bertz CT molecular complexity index is 353. The third-order valence-corrected chi connectivity index (χ3v) is 1.67. The van der Waals surface area contributed by atoms with Gasteiger partial charge in [0.05, 0.1) is 11.0 Å². The summed E-state index contributed by atoms with van der Waals surface area (Å²) in [6.07, 6.45) is 5.36. The molecule has 0 rings (SSSR count). The summed E-state index contributed by atoms with van der Waals surface area (Å²) in [5.41, 5.74) is -0.146.